The number of hydrogen-bond acceptors (Lipinski definition) is 3. The summed E-state index contributed by atoms with van der Waals surface area (Å²) in [5, 5.41) is 10.1. The molecule has 0 radical (unpaired) electrons. The maximum Gasteiger partial charge on any atom is 0.0961 e. The number of ether oxygens (including phenoxy) is 1. The van der Waals surface area contributed by atoms with Crippen molar-refractivity contribution in [2.75, 3.05) is 19.7 Å². The summed E-state index contributed by atoms with van der Waals surface area (Å²) in [6.45, 7) is 7.35. The summed E-state index contributed by atoms with van der Waals surface area (Å²) in [6, 6.07) is 0.633. The van der Waals surface area contributed by atoms with Gasteiger partial charge in [0, 0.05) is 12.6 Å². The zero-order chi connectivity index (χ0) is 11.5. The highest BCUT2D eigenvalue weighted by Gasteiger charge is 2.34. The van der Waals surface area contributed by atoms with E-state index in [0.29, 0.717) is 12.0 Å². The molecule has 16 heavy (non-hydrogen) atoms. The van der Waals surface area contributed by atoms with Gasteiger partial charge in [-0.05, 0) is 38.1 Å². The molecule has 0 aromatic carbocycles. The second-order valence-corrected chi connectivity index (χ2v) is 5.70. The molecule has 94 valence electrons. The van der Waals surface area contributed by atoms with Gasteiger partial charge in [-0.3, -0.25) is 4.90 Å². The highest BCUT2D eigenvalue weighted by molar-refractivity contribution is 4.87. The third-order valence-electron chi connectivity index (χ3n) is 3.89. The second kappa shape index (κ2) is 5.48. The van der Waals surface area contributed by atoms with Crippen LogP contribution in [0, 0.1) is 5.92 Å². The molecule has 2 rings (SSSR count). The zero-order valence-electron chi connectivity index (χ0n) is 10.6. The van der Waals surface area contributed by atoms with Gasteiger partial charge in [0.25, 0.3) is 0 Å². The molecule has 3 heteroatoms. The Morgan fingerprint density at radius 2 is 2.19 bits per heavy atom. The number of aliphatic hydroxyl groups is 1. The summed E-state index contributed by atoms with van der Waals surface area (Å²) < 4.78 is 5.79. The molecule has 0 saturated carbocycles. The molecule has 2 saturated heterocycles. The predicted octanol–water partition coefficient (Wildman–Crippen LogP) is 1.65. The van der Waals surface area contributed by atoms with Crippen molar-refractivity contribution in [3.8, 4) is 0 Å². The Labute approximate surface area is 98.8 Å². The minimum atomic E-state index is -0.274. The van der Waals surface area contributed by atoms with Gasteiger partial charge in [-0.25, -0.2) is 0 Å². The van der Waals surface area contributed by atoms with E-state index in [2.05, 4.69) is 18.7 Å². The lowest BCUT2D eigenvalue weighted by Gasteiger charge is -2.37. The number of morpholine rings is 1. The first-order chi connectivity index (χ1) is 7.66. The van der Waals surface area contributed by atoms with Crippen LogP contribution in [0.1, 0.15) is 39.5 Å². The van der Waals surface area contributed by atoms with Crippen molar-refractivity contribution in [3.63, 3.8) is 0 Å². The summed E-state index contributed by atoms with van der Waals surface area (Å²) >= 11 is 0. The summed E-state index contributed by atoms with van der Waals surface area (Å²) in [4.78, 5) is 2.49. The first-order valence-corrected chi connectivity index (χ1v) is 6.70. The van der Waals surface area contributed by atoms with Crippen LogP contribution < -0.4 is 0 Å². The van der Waals surface area contributed by atoms with E-state index in [-0.39, 0.29) is 12.2 Å². The zero-order valence-corrected chi connectivity index (χ0v) is 10.6. The molecule has 2 aliphatic heterocycles. The lowest BCUT2D eigenvalue weighted by Crippen LogP contribution is -2.50. The van der Waals surface area contributed by atoms with Crippen LogP contribution in [0.3, 0.4) is 0 Å². The third kappa shape index (κ3) is 2.96. The van der Waals surface area contributed by atoms with E-state index in [1.54, 1.807) is 0 Å². The first-order valence-electron chi connectivity index (χ1n) is 6.70. The molecule has 0 aliphatic carbocycles. The smallest absolute Gasteiger partial charge is 0.0961 e. The van der Waals surface area contributed by atoms with Crippen LogP contribution in [0.15, 0.2) is 0 Å². The number of rotatable bonds is 4. The van der Waals surface area contributed by atoms with Gasteiger partial charge in [-0.2, -0.15) is 0 Å². The average molecular weight is 227 g/mol. The van der Waals surface area contributed by atoms with Gasteiger partial charge >= 0.3 is 0 Å². The van der Waals surface area contributed by atoms with Crippen LogP contribution in [0.4, 0.5) is 0 Å². The van der Waals surface area contributed by atoms with E-state index in [4.69, 9.17) is 4.74 Å². The highest BCUT2D eigenvalue weighted by Crippen LogP contribution is 2.25. The molecule has 0 bridgehead atoms. The highest BCUT2D eigenvalue weighted by atomic mass is 16.5. The molecule has 3 nitrogen and oxygen atoms in total. The van der Waals surface area contributed by atoms with Gasteiger partial charge in [0.1, 0.15) is 0 Å². The maximum atomic E-state index is 10.1. The summed E-state index contributed by atoms with van der Waals surface area (Å²) in [6.07, 6.45) is 4.31. The Morgan fingerprint density at radius 3 is 2.94 bits per heavy atom. The van der Waals surface area contributed by atoms with Gasteiger partial charge < -0.3 is 9.84 Å². The average Bonchev–Trinajstić information content (AvgIpc) is 2.72. The van der Waals surface area contributed by atoms with Crippen molar-refractivity contribution in [2.24, 2.45) is 5.92 Å². The molecule has 0 aromatic rings. The van der Waals surface area contributed by atoms with Gasteiger partial charge in [0.2, 0.25) is 0 Å². The summed E-state index contributed by atoms with van der Waals surface area (Å²) in [7, 11) is 0. The Hall–Kier alpha value is -0.120. The minimum absolute atomic E-state index is 0.0492. The van der Waals surface area contributed by atoms with Crippen molar-refractivity contribution in [3.05, 3.63) is 0 Å². The van der Waals surface area contributed by atoms with Crippen molar-refractivity contribution < 1.29 is 9.84 Å². The van der Waals surface area contributed by atoms with Gasteiger partial charge in [0.15, 0.2) is 0 Å². The van der Waals surface area contributed by atoms with Crippen LogP contribution in [0.2, 0.25) is 0 Å². The SMILES string of the molecule is CC(C)CCC(O)C1CN2CCCC2CO1. The topological polar surface area (TPSA) is 32.7 Å². The molecule has 0 amide bonds. The van der Waals surface area contributed by atoms with E-state index in [0.717, 1.165) is 26.0 Å². The normalized spacial score (nSPS) is 33.0. The van der Waals surface area contributed by atoms with Gasteiger partial charge in [0.05, 0.1) is 18.8 Å². The fraction of sp³-hybridized carbons (Fsp3) is 1.00. The van der Waals surface area contributed by atoms with Crippen molar-refractivity contribution >= 4 is 0 Å². The lowest BCUT2D eigenvalue weighted by molar-refractivity contribution is -0.104. The molecule has 2 aliphatic rings. The molecular weight excluding hydrogens is 202 g/mol. The monoisotopic (exact) mass is 227 g/mol. The van der Waals surface area contributed by atoms with Crippen LogP contribution in [-0.4, -0.2) is 48.0 Å². The Balaban J connectivity index is 1.77. The Morgan fingerprint density at radius 1 is 1.38 bits per heavy atom. The lowest BCUT2D eigenvalue weighted by atomic mass is 10.0. The maximum absolute atomic E-state index is 10.1. The van der Waals surface area contributed by atoms with Gasteiger partial charge in [-0.1, -0.05) is 13.8 Å². The van der Waals surface area contributed by atoms with E-state index < -0.39 is 0 Å². The summed E-state index contributed by atoms with van der Waals surface area (Å²) in [5.41, 5.74) is 0. The van der Waals surface area contributed by atoms with Crippen molar-refractivity contribution in [1.82, 2.24) is 4.90 Å². The van der Waals surface area contributed by atoms with E-state index in [9.17, 15) is 5.11 Å². The van der Waals surface area contributed by atoms with Crippen LogP contribution in [0.5, 0.6) is 0 Å². The summed E-state index contributed by atoms with van der Waals surface area (Å²) in [5.74, 6) is 0.665. The fourth-order valence-electron chi connectivity index (χ4n) is 2.77. The Kier molecular flexibility index (Phi) is 4.22. The first kappa shape index (κ1) is 12.3. The van der Waals surface area contributed by atoms with Crippen molar-refractivity contribution in [1.29, 1.82) is 0 Å². The molecular formula is C13H25NO2. The quantitative estimate of drug-likeness (QED) is 0.792. The van der Waals surface area contributed by atoms with Crippen LogP contribution in [0.25, 0.3) is 0 Å². The predicted molar refractivity (Wildman–Crippen MR) is 64.4 cm³/mol. The molecule has 3 atom stereocenters. The molecule has 0 spiro atoms. The standard InChI is InChI=1S/C13H25NO2/c1-10(2)5-6-12(15)13-8-14-7-3-4-11(14)9-16-13/h10-13,15H,3-9H2,1-2H3. The van der Waals surface area contributed by atoms with Crippen molar-refractivity contribution in [2.45, 2.75) is 57.8 Å². The number of hydrogen-bond donors (Lipinski definition) is 1. The minimum Gasteiger partial charge on any atom is -0.390 e. The van der Waals surface area contributed by atoms with E-state index >= 15 is 0 Å². The second-order valence-electron chi connectivity index (χ2n) is 5.70. The Bertz CT molecular complexity index is 220. The third-order valence-corrected chi connectivity index (χ3v) is 3.89. The van der Waals surface area contributed by atoms with Crippen LogP contribution in [-0.2, 0) is 4.74 Å². The van der Waals surface area contributed by atoms with E-state index in [1.807, 2.05) is 0 Å². The molecule has 2 heterocycles. The van der Waals surface area contributed by atoms with E-state index in [1.165, 1.54) is 19.4 Å². The fourth-order valence-corrected chi connectivity index (χ4v) is 2.77. The molecule has 1 N–H and O–H groups in total. The number of fused-ring (bicyclic) bond motifs is 1. The van der Waals surface area contributed by atoms with Crippen LogP contribution >= 0.6 is 0 Å². The molecule has 2 fully saturated rings. The molecule has 0 aromatic heterocycles. The largest absolute Gasteiger partial charge is 0.390 e. The van der Waals surface area contributed by atoms with Gasteiger partial charge in [-0.15, -0.1) is 0 Å². The number of aliphatic hydroxyl groups excluding tert-OH is 1. The molecule has 3 unspecified atom stereocenters. The number of nitrogens with zero attached hydrogens (tertiary/aromatic N) is 1.